The van der Waals surface area contributed by atoms with E-state index in [0.29, 0.717) is 12.2 Å². The average Bonchev–Trinajstić information content (AvgIpc) is 2.91. The molecule has 2 N–H and O–H groups in total. The van der Waals surface area contributed by atoms with Gasteiger partial charge in [0, 0.05) is 25.7 Å². The molecular weight excluding hydrogens is 282 g/mol. The molecule has 8 nitrogen and oxygen atoms in total. The summed E-state index contributed by atoms with van der Waals surface area (Å²) in [5.41, 5.74) is 0.611. The number of carbonyl (C=O) groups excluding carboxylic acids is 1. The Morgan fingerprint density at radius 1 is 1.50 bits per heavy atom. The number of hydrogen-bond acceptors (Lipinski definition) is 5. The van der Waals surface area contributed by atoms with Gasteiger partial charge in [0.25, 0.3) is 0 Å². The van der Waals surface area contributed by atoms with E-state index in [1.165, 1.54) is 4.90 Å². The van der Waals surface area contributed by atoms with Crippen molar-refractivity contribution >= 4 is 21.6 Å². The standard InChI is InChI=1S/C11H19N5O3S/c1-14(2)3-4-15-7-9(6-13-15)16-8-10(5-11(16)17)20(12,18)19/h6-7,10H,3-5,8H2,1-2H3,(H2,12,18,19). The lowest BCUT2D eigenvalue weighted by Gasteiger charge is -2.13. The van der Waals surface area contributed by atoms with E-state index in [9.17, 15) is 13.2 Å². The number of primary sulfonamides is 1. The molecule has 9 heteroatoms. The first-order valence-electron chi connectivity index (χ1n) is 6.26. The minimum absolute atomic E-state index is 0.0677. The van der Waals surface area contributed by atoms with Gasteiger partial charge in [0.05, 0.1) is 18.4 Å². The summed E-state index contributed by atoms with van der Waals surface area (Å²) in [4.78, 5) is 15.3. The Kier molecular flexibility index (Phi) is 4.11. The quantitative estimate of drug-likeness (QED) is 0.739. The molecule has 2 heterocycles. The number of nitrogens with two attached hydrogens (primary N) is 1. The number of aromatic nitrogens is 2. The van der Waals surface area contributed by atoms with Crippen LogP contribution >= 0.6 is 0 Å². The van der Waals surface area contributed by atoms with Crippen molar-refractivity contribution in [2.24, 2.45) is 5.14 Å². The van der Waals surface area contributed by atoms with E-state index in [2.05, 4.69) is 5.10 Å². The Labute approximate surface area is 118 Å². The largest absolute Gasteiger partial charge is 0.308 e. The zero-order valence-corrected chi connectivity index (χ0v) is 12.4. The van der Waals surface area contributed by atoms with Crippen LogP contribution in [0.2, 0.25) is 0 Å². The predicted octanol–water partition coefficient (Wildman–Crippen LogP) is -1.16. The molecule has 2 rings (SSSR count). The minimum atomic E-state index is -3.69. The zero-order chi connectivity index (χ0) is 14.9. The summed E-state index contributed by atoms with van der Waals surface area (Å²) in [5.74, 6) is -0.240. The molecule has 20 heavy (non-hydrogen) atoms. The molecule has 1 unspecified atom stereocenters. The lowest BCUT2D eigenvalue weighted by Crippen LogP contribution is -2.32. The Balaban J connectivity index is 2.07. The number of sulfonamides is 1. The van der Waals surface area contributed by atoms with Crippen molar-refractivity contribution in [2.45, 2.75) is 18.2 Å². The van der Waals surface area contributed by atoms with Gasteiger partial charge in [-0.1, -0.05) is 0 Å². The SMILES string of the molecule is CN(C)CCn1cc(N2CC(S(N)(=O)=O)CC2=O)cn1. The summed E-state index contributed by atoms with van der Waals surface area (Å²) in [7, 11) is 0.239. The van der Waals surface area contributed by atoms with Crippen LogP contribution in [0, 0.1) is 0 Å². The van der Waals surface area contributed by atoms with E-state index in [-0.39, 0.29) is 18.9 Å². The number of rotatable bonds is 5. The van der Waals surface area contributed by atoms with Crippen LogP contribution in [-0.2, 0) is 21.4 Å². The van der Waals surface area contributed by atoms with Crippen LogP contribution in [-0.4, -0.2) is 61.4 Å². The number of nitrogens with zero attached hydrogens (tertiary/aromatic N) is 4. The van der Waals surface area contributed by atoms with E-state index in [0.717, 1.165) is 6.54 Å². The van der Waals surface area contributed by atoms with Gasteiger partial charge >= 0.3 is 0 Å². The molecule has 0 saturated carbocycles. The van der Waals surface area contributed by atoms with Crippen molar-refractivity contribution in [3.05, 3.63) is 12.4 Å². The molecule has 0 bridgehead atoms. The molecular formula is C11H19N5O3S. The van der Waals surface area contributed by atoms with Crippen molar-refractivity contribution in [2.75, 3.05) is 32.1 Å². The van der Waals surface area contributed by atoms with E-state index in [1.807, 2.05) is 19.0 Å². The maximum Gasteiger partial charge on any atom is 0.228 e. The smallest absolute Gasteiger partial charge is 0.228 e. The molecule has 1 aromatic rings. The number of hydrogen-bond donors (Lipinski definition) is 1. The first-order chi connectivity index (χ1) is 9.27. The summed E-state index contributed by atoms with van der Waals surface area (Å²) in [6.07, 6.45) is 3.24. The second-order valence-corrected chi connectivity index (χ2v) is 7.03. The third-order valence-corrected chi connectivity index (χ3v) is 4.51. The van der Waals surface area contributed by atoms with E-state index < -0.39 is 15.3 Å². The summed E-state index contributed by atoms with van der Waals surface area (Å²) in [5, 5.41) is 8.43. The van der Waals surface area contributed by atoms with Crippen LogP contribution in [0.1, 0.15) is 6.42 Å². The lowest BCUT2D eigenvalue weighted by molar-refractivity contribution is -0.117. The molecule has 0 spiro atoms. The highest BCUT2D eigenvalue weighted by Crippen LogP contribution is 2.23. The molecule has 1 amide bonds. The third-order valence-electron chi connectivity index (χ3n) is 3.26. The van der Waals surface area contributed by atoms with Crippen molar-refractivity contribution in [1.82, 2.24) is 14.7 Å². The first kappa shape index (κ1) is 14.9. The maximum atomic E-state index is 11.9. The maximum absolute atomic E-state index is 11.9. The summed E-state index contributed by atoms with van der Waals surface area (Å²) < 4.78 is 24.4. The van der Waals surface area contributed by atoms with Gasteiger partial charge in [0.15, 0.2) is 0 Å². The number of carbonyl (C=O) groups is 1. The van der Waals surface area contributed by atoms with Crippen molar-refractivity contribution in [3.8, 4) is 0 Å². The molecule has 1 atom stereocenters. The highest BCUT2D eigenvalue weighted by molar-refractivity contribution is 7.89. The predicted molar refractivity (Wildman–Crippen MR) is 74.6 cm³/mol. The van der Waals surface area contributed by atoms with Crippen LogP contribution in [0.5, 0.6) is 0 Å². The summed E-state index contributed by atoms with van der Waals surface area (Å²) in [6.45, 7) is 1.62. The van der Waals surface area contributed by atoms with Gasteiger partial charge in [0.1, 0.15) is 5.25 Å². The fourth-order valence-electron chi connectivity index (χ4n) is 2.06. The molecule has 0 aromatic carbocycles. The second-order valence-electron chi connectivity index (χ2n) is 5.18. The van der Waals surface area contributed by atoms with Crippen LogP contribution in [0.4, 0.5) is 5.69 Å². The van der Waals surface area contributed by atoms with E-state index in [1.54, 1.807) is 17.1 Å². The van der Waals surface area contributed by atoms with Crippen molar-refractivity contribution < 1.29 is 13.2 Å². The normalized spacial score (nSPS) is 20.1. The van der Waals surface area contributed by atoms with Gasteiger partial charge in [-0.2, -0.15) is 5.10 Å². The van der Waals surface area contributed by atoms with Crippen LogP contribution in [0.15, 0.2) is 12.4 Å². The summed E-state index contributed by atoms with van der Waals surface area (Å²) >= 11 is 0. The Morgan fingerprint density at radius 3 is 2.75 bits per heavy atom. The summed E-state index contributed by atoms with van der Waals surface area (Å²) in [6, 6.07) is 0. The molecule has 0 radical (unpaired) electrons. The number of anilines is 1. The van der Waals surface area contributed by atoms with Gasteiger partial charge < -0.3 is 9.80 Å². The number of likely N-dealkylation sites (N-methyl/N-ethyl adjacent to an activating group) is 1. The Bertz CT molecular complexity index is 595. The topological polar surface area (TPSA) is 102 Å². The Hall–Kier alpha value is -1.45. The monoisotopic (exact) mass is 301 g/mol. The van der Waals surface area contributed by atoms with Crippen LogP contribution in [0.25, 0.3) is 0 Å². The van der Waals surface area contributed by atoms with Gasteiger partial charge in [-0.25, -0.2) is 13.6 Å². The minimum Gasteiger partial charge on any atom is -0.308 e. The highest BCUT2D eigenvalue weighted by Gasteiger charge is 2.37. The Morgan fingerprint density at radius 2 is 2.20 bits per heavy atom. The molecule has 1 aliphatic heterocycles. The molecule has 1 aliphatic rings. The molecule has 1 fully saturated rings. The van der Waals surface area contributed by atoms with Crippen LogP contribution < -0.4 is 10.0 Å². The van der Waals surface area contributed by atoms with Gasteiger partial charge in [-0.15, -0.1) is 0 Å². The zero-order valence-electron chi connectivity index (χ0n) is 11.6. The highest BCUT2D eigenvalue weighted by atomic mass is 32.2. The molecule has 1 saturated heterocycles. The van der Waals surface area contributed by atoms with Gasteiger partial charge in [-0.05, 0) is 14.1 Å². The average molecular weight is 301 g/mol. The van der Waals surface area contributed by atoms with Crippen LogP contribution in [0.3, 0.4) is 0 Å². The second kappa shape index (κ2) is 5.51. The van der Waals surface area contributed by atoms with Crippen molar-refractivity contribution in [1.29, 1.82) is 0 Å². The van der Waals surface area contributed by atoms with Crippen molar-refractivity contribution in [3.63, 3.8) is 0 Å². The van der Waals surface area contributed by atoms with Gasteiger partial charge in [-0.3, -0.25) is 9.48 Å². The molecule has 1 aromatic heterocycles. The van der Waals surface area contributed by atoms with E-state index >= 15 is 0 Å². The third kappa shape index (κ3) is 3.35. The fourth-order valence-corrected chi connectivity index (χ4v) is 2.79. The van der Waals surface area contributed by atoms with E-state index in [4.69, 9.17) is 5.14 Å². The fraction of sp³-hybridized carbons (Fsp3) is 0.636. The molecule has 112 valence electrons. The lowest BCUT2D eigenvalue weighted by atomic mass is 10.4. The number of amides is 1. The first-order valence-corrected chi connectivity index (χ1v) is 7.87. The molecule has 0 aliphatic carbocycles. The van der Waals surface area contributed by atoms with Gasteiger partial charge in [0.2, 0.25) is 15.9 Å².